The Labute approximate surface area is 137 Å². The Kier molecular flexibility index (Phi) is 7.60. The van der Waals surface area contributed by atoms with Crippen molar-refractivity contribution in [1.29, 1.82) is 0 Å². The maximum Gasteiger partial charge on any atom is 0.235 e. The van der Waals surface area contributed by atoms with Crippen molar-refractivity contribution >= 4 is 15.9 Å². The molecule has 0 spiro atoms. The Hall–Kier alpha value is -1.51. The monoisotopic (exact) mass is 345 g/mol. The fourth-order valence-electron chi connectivity index (χ4n) is 1.93. The molecule has 0 radical (unpaired) electrons. The molecule has 1 N–H and O–H groups in total. The number of halogens is 1. The summed E-state index contributed by atoms with van der Waals surface area (Å²) in [6.45, 7) is 0.789. The fraction of sp³-hybridized carbons (Fsp3) is 0.533. The number of benzene rings is 1. The number of nitrogens with one attached hydrogen (secondary N) is 1. The number of nitrogens with zero attached hydrogens (tertiary/aromatic N) is 2. The first-order valence-electron chi connectivity index (χ1n) is 7.30. The number of hydrogen-bond acceptors (Lipinski definition) is 4. The van der Waals surface area contributed by atoms with Gasteiger partial charge in [-0.05, 0) is 32.1 Å². The third kappa shape index (κ3) is 7.54. The lowest BCUT2D eigenvalue weighted by Crippen LogP contribution is -2.43. The zero-order valence-electron chi connectivity index (χ0n) is 13.8. The second-order valence-corrected chi connectivity index (χ2v) is 7.57. The van der Waals surface area contributed by atoms with Crippen LogP contribution in [-0.4, -0.2) is 70.1 Å². The lowest BCUT2D eigenvalue weighted by Gasteiger charge is -2.21. The predicted molar refractivity (Wildman–Crippen MR) is 88.1 cm³/mol. The van der Waals surface area contributed by atoms with Gasteiger partial charge in [-0.3, -0.25) is 4.79 Å². The molecule has 0 fully saturated rings. The van der Waals surface area contributed by atoms with Crippen molar-refractivity contribution in [3.05, 3.63) is 35.6 Å². The average molecular weight is 345 g/mol. The second-order valence-electron chi connectivity index (χ2n) is 5.59. The molecular weight excluding hydrogens is 321 g/mol. The lowest BCUT2D eigenvalue weighted by atomic mass is 10.1. The molecule has 1 amide bonds. The van der Waals surface area contributed by atoms with Crippen LogP contribution in [0.15, 0.2) is 24.3 Å². The molecule has 0 saturated carbocycles. The molecule has 23 heavy (non-hydrogen) atoms. The van der Waals surface area contributed by atoms with Gasteiger partial charge in [-0.15, -0.1) is 0 Å². The van der Waals surface area contributed by atoms with Crippen LogP contribution in [0.25, 0.3) is 0 Å². The van der Waals surface area contributed by atoms with Gasteiger partial charge in [-0.1, -0.05) is 18.2 Å². The van der Waals surface area contributed by atoms with E-state index in [1.165, 1.54) is 6.07 Å². The molecule has 1 aromatic rings. The number of hydrogen-bond donors (Lipinski definition) is 1. The van der Waals surface area contributed by atoms with Crippen LogP contribution in [0.5, 0.6) is 0 Å². The van der Waals surface area contributed by atoms with Crippen molar-refractivity contribution in [2.75, 3.05) is 46.5 Å². The Morgan fingerprint density at radius 3 is 2.43 bits per heavy atom. The first kappa shape index (κ1) is 19.5. The van der Waals surface area contributed by atoms with Gasteiger partial charge in [-0.25, -0.2) is 12.8 Å². The SMILES string of the molecule is CN(C)CCN(CC(=O)NCCc1ccccc1F)S(C)(=O)=O. The summed E-state index contributed by atoms with van der Waals surface area (Å²) in [4.78, 5) is 13.7. The largest absolute Gasteiger partial charge is 0.355 e. The third-order valence-corrected chi connectivity index (χ3v) is 4.51. The zero-order valence-corrected chi connectivity index (χ0v) is 14.6. The van der Waals surface area contributed by atoms with Gasteiger partial charge in [0.05, 0.1) is 12.8 Å². The van der Waals surface area contributed by atoms with Crippen LogP contribution in [0.3, 0.4) is 0 Å². The minimum Gasteiger partial charge on any atom is -0.355 e. The lowest BCUT2D eigenvalue weighted by molar-refractivity contribution is -0.121. The Morgan fingerprint density at radius 1 is 1.22 bits per heavy atom. The molecule has 0 aliphatic rings. The highest BCUT2D eigenvalue weighted by Gasteiger charge is 2.19. The highest BCUT2D eigenvalue weighted by atomic mass is 32.2. The number of amides is 1. The molecule has 8 heteroatoms. The molecule has 130 valence electrons. The molecule has 0 unspecified atom stereocenters. The molecule has 1 aromatic carbocycles. The number of carbonyl (C=O) groups excluding carboxylic acids is 1. The second kappa shape index (κ2) is 8.95. The quantitative estimate of drug-likeness (QED) is 0.699. The molecule has 1 rings (SSSR count). The van der Waals surface area contributed by atoms with Crippen molar-refractivity contribution in [3.63, 3.8) is 0 Å². The van der Waals surface area contributed by atoms with Gasteiger partial charge in [0, 0.05) is 19.6 Å². The van der Waals surface area contributed by atoms with Crippen LogP contribution in [-0.2, 0) is 21.2 Å². The van der Waals surface area contributed by atoms with Crippen LogP contribution >= 0.6 is 0 Å². The van der Waals surface area contributed by atoms with Gasteiger partial charge in [0.25, 0.3) is 0 Å². The molecule has 0 aliphatic carbocycles. The predicted octanol–water partition coefficient (Wildman–Crippen LogP) is 0.308. The van der Waals surface area contributed by atoms with E-state index in [0.29, 0.717) is 18.5 Å². The molecule has 0 aromatic heterocycles. The summed E-state index contributed by atoms with van der Waals surface area (Å²) in [7, 11) is 0.203. The van der Waals surface area contributed by atoms with Crippen LogP contribution in [0.1, 0.15) is 5.56 Å². The zero-order chi connectivity index (χ0) is 17.5. The van der Waals surface area contributed by atoms with Gasteiger partial charge >= 0.3 is 0 Å². The summed E-state index contributed by atoms with van der Waals surface area (Å²) in [5.74, 6) is -0.712. The standard InChI is InChI=1S/C15H24FN3O3S/c1-18(2)10-11-19(23(3,21)22)12-15(20)17-9-8-13-6-4-5-7-14(13)16/h4-7H,8-12H2,1-3H3,(H,17,20). The van der Waals surface area contributed by atoms with Gasteiger partial charge < -0.3 is 10.2 Å². The van der Waals surface area contributed by atoms with Crippen molar-refractivity contribution in [2.45, 2.75) is 6.42 Å². The first-order chi connectivity index (χ1) is 10.7. The van der Waals surface area contributed by atoms with E-state index in [1.807, 2.05) is 19.0 Å². The Bertz CT molecular complexity index is 620. The van der Waals surface area contributed by atoms with Gasteiger partial charge in [0.15, 0.2) is 0 Å². The van der Waals surface area contributed by atoms with Crippen molar-refractivity contribution < 1.29 is 17.6 Å². The maximum atomic E-state index is 13.5. The highest BCUT2D eigenvalue weighted by Crippen LogP contribution is 2.06. The number of carbonyl (C=O) groups is 1. The summed E-state index contributed by atoms with van der Waals surface area (Å²) in [5, 5.41) is 2.62. The van der Waals surface area contributed by atoms with E-state index in [9.17, 15) is 17.6 Å². The average Bonchev–Trinajstić information content (AvgIpc) is 2.44. The smallest absolute Gasteiger partial charge is 0.235 e. The molecule has 0 aliphatic heterocycles. The molecule has 0 atom stereocenters. The summed E-state index contributed by atoms with van der Waals surface area (Å²) in [5.41, 5.74) is 0.514. The minimum absolute atomic E-state index is 0.232. The highest BCUT2D eigenvalue weighted by molar-refractivity contribution is 7.88. The molecule has 6 nitrogen and oxygen atoms in total. The number of rotatable bonds is 9. The molecule has 0 heterocycles. The number of sulfonamides is 1. The minimum atomic E-state index is -3.45. The van der Waals surface area contributed by atoms with Gasteiger partial charge in [-0.2, -0.15) is 4.31 Å². The third-order valence-electron chi connectivity index (χ3n) is 3.26. The summed E-state index contributed by atoms with van der Waals surface area (Å²) in [6, 6.07) is 6.35. The van der Waals surface area contributed by atoms with Crippen LogP contribution < -0.4 is 5.32 Å². The molecular formula is C15H24FN3O3S. The Balaban J connectivity index is 2.48. The van der Waals surface area contributed by atoms with Crippen molar-refractivity contribution in [3.8, 4) is 0 Å². The van der Waals surface area contributed by atoms with Gasteiger partial charge in [0.2, 0.25) is 15.9 Å². The normalized spacial score (nSPS) is 11.9. The van der Waals surface area contributed by atoms with Crippen molar-refractivity contribution in [1.82, 2.24) is 14.5 Å². The van der Waals surface area contributed by atoms with E-state index in [-0.39, 0.29) is 25.5 Å². The summed E-state index contributed by atoms with van der Waals surface area (Å²) >= 11 is 0. The fourth-order valence-corrected chi connectivity index (χ4v) is 2.69. The van der Waals surface area contributed by atoms with E-state index in [0.717, 1.165) is 10.6 Å². The van der Waals surface area contributed by atoms with E-state index >= 15 is 0 Å². The molecule has 0 bridgehead atoms. The van der Waals surface area contributed by atoms with E-state index < -0.39 is 15.9 Å². The Morgan fingerprint density at radius 2 is 1.87 bits per heavy atom. The number of likely N-dealkylation sites (N-methyl/N-ethyl adjacent to an activating group) is 1. The van der Waals surface area contributed by atoms with Crippen LogP contribution in [0.2, 0.25) is 0 Å². The van der Waals surface area contributed by atoms with E-state index in [4.69, 9.17) is 0 Å². The maximum absolute atomic E-state index is 13.5. The summed E-state index contributed by atoms with van der Waals surface area (Å²) < 4.78 is 38.0. The first-order valence-corrected chi connectivity index (χ1v) is 9.15. The van der Waals surface area contributed by atoms with Gasteiger partial charge in [0.1, 0.15) is 5.82 Å². The summed E-state index contributed by atoms with van der Waals surface area (Å²) in [6.07, 6.45) is 1.43. The van der Waals surface area contributed by atoms with Crippen LogP contribution in [0, 0.1) is 5.82 Å². The topological polar surface area (TPSA) is 69.7 Å². The van der Waals surface area contributed by atoms with E-state index in [2.05, 4.69) is 5.32 Å². The van der Waals surface area contributed by atoms with Crippen molar-refractivity contribution in [2.24, 2.45) is 0 Å². The van der Waals surface area contributed by atoms with Crippen LogP contribution in [0.4, 0.5) is 4.39 Å². The van der Waals surface area contributed by atoms with E-state index in [1.54, 1.807) is 18.2 Å². The molecule has 0 saturated heterocycles.